The van der Waals surface area contributed by atoms with Crippen molar-refractivity contribution in [3.05, 3.63) is 46.3 Å². The molecular weight excluding hydrogens is 395 g/mol. The van der Waals surface area contributed by atoms with Crippen molar-refractivity contribution in [2.45, 2.75) is 83.5 Å². The van der Waals surface area contributed by atoms with Crippen molar-refractivity contribution in [3.63, 3.8) is 0 Å². The number of fused-ring (bicyclic) bond motifs is 3. The third-order valence-electron chi connectivity index (χ3n) is 7.35. The van der Waals surface area contributed by atoms with Crippen molar-refractivity contribution >= 4 is 10.8 Å². The average molecular weight is 424 g/mol. The van der Waals surface area contributed by atoms with Crippen LogP contribution in [0, 0.1) is 29.3 Å². The van der Waals surface area contributed by atoms with Gasteiger partial charge in [-0.25, -0.2) is 22.0 Å². The normalized spacial score (nSPS) is 25.6. The van der Waals surface area contributed by atoms with Gasteiger partial charge >= 0.3 is 0 Å². The fourth-order valence-electron chi connectivity index (χ4n) is 5.80. The zero-order valence-corrected chi connectivity index (χ0v) is 17.6. The van der Waals surface area contributed by atoms with Crippen LogP contribution in [0.1, 0.15) is 87.8 Å². The SMILES string of the molecule is CCCC1CCC(c2ccc3c4c(c(F)c(F)c3c2F)C(F)(F)C(CCC)C4)CC1. The lowest BCUT2D eigenvalue weighted by molar-refractivity contribution is -0.0581. The van der Waals surface area contributed by atoms with E-state index in [1.807, 2.05) is 0 Å². The molecule has 5 heteroatoms. The molecule has 0 aliphatic heterocycles. The molecular formula is C25H29F5. The Labute approximate surface area is 174 Å². The number of hydrogen-bond donors (Lipinski definition) is 0. The molecule has 0 spiro atoms. The molecule has 0 radical (unpaired) electrons. The number of rotatable bonds is 5. The van der Waals surface area contributed by atoms with Crippen LogP contribution >= 0.6 is 0 Å². The summed E-state index contributed by atoms with van der Waals surface area (Å²) in [5, 5.41) is -0.351. The lowest BCUT2D eigenvalue weighted by atomic mass is 9.76. The summed E-state index contributed by atoms with van der Waals surface area (Å²) in [6, 6.07) is 3.16. The van der Waals surface area contributed by atoms with E-state index in [1.54, 1.807) is 13.0 Å². The van der Waals surface area contributed by atoms with Crippen LogP contribution in [0.25, 0.3) is 10.8 Å². The van der Waals surface area contributed by atoms with E-state index in [2.05, 4.69) is 6.92 Å². The average Bonchev–Trinajstić information content (AvgIpc) is 2.98. The molecule has 0 saturated heterocycles. The monoisotopic (exact) mass is 424 g/mol. The summed E-state index contributed by atoms with van der Waals surface area (Å²) in [7, 11) is 0. The first-order valence-electron chi connectivity index (χ1n) is 11.3. The summed E-state index contributed by atoms with van der Waals surface area (Å²) in [5.41, 5.74) is -0.395. The van der Waals surface area contributed by atoms with E-state index in [1.165, 1.54) is 6.07 Å². The zero-order valence-electron chi connectivity index (χ0n) is 17.6. The highest BCUT2D eigenvalue weighted by atomic mass is 19.3. The molecule has 2 aromatic carbocycles. The minimum atomic E-state index is -3.43. The Morgan fingerprint density at radius 1 is 0.867 bits per heavy atom. The molecule has 1 atom stereocenters. The maximum Gasteiger partial charge on any atom is 0.279 e. The van der Waals surface area contributed by atoms with Crippen molar-refractivity contribution in [3.8, 4) is 0 Å². The Kier molecular flexibility index (Phi) is 5.84. The van der Waals surface area contributed by atoms with Crippen molar-refractivity contribution in [2.75, 3.05) is 0 Å². The molecule has 164 valence electrons. The number of hydrogen-bond acceptors (Lipinski definition) is 0. The van der Waals surface area contributed by atoms with Crippen LogP contribution < -0.4 is 0 Å². The van der Waals surface area contributed by atoms with Gasteiger partial charge in [0.05, 0.1) is 10.9 Å². The van der Waals surface area contributed by atoms with E-state index >= 15 is 4.39 Å². The lowest BCUT2D eigenvalue weighted by Crippen LogP contribution is -2.22. The van der Waals surface area contributed by atoms with Crippen molar-refractivity contribution in [2.24, 2.45) is 11.8 Å². The Hall–Kier alpha value is -1.65. The largest absolute Gasteiger partial charge is 0.279 e. The summed E-state index contributed by atoms with van der Waals surface area (Å²) in [6.07, 6.45) is 6.61. The quantitative estimate of drug-likeness (QED) is 0.423. The maximum atomic E-state index is 15.5. The Morgan fingerprint density at radius 3 is 2.17 bits per heavy atom. The predicted molar refractivity (Wildman–Crippen MR) is 109 cm³/mol. The van der Waals surface area contributed by atoms with Crippen LogP contribution in [0.3, 0.4) is 0 Å². The third kappa shape index (κ3) is 3.33. The Bertz CT molecular complexity index is 941. The molecule has 2 aliphatic carbocycles. The van der Waals surface area contributed by atoms with Crippen LogP contribution in [-0.4, -0.2) is 0 Å². The summed E-state index contributed by atoms with van der Waals surface area (Å²) >= 11 is 0. The number of alkyl halides is 2. The second-order valence-electron chi connectivity index (χ2n) is 9.19. The van der Waals surface area contributed by atoms with Gasteiger partial charge in [0.2, 0.25) is 0 Å². The first-order valence-corrected chi connectivity index (χ1v) is 11.3. The minimum absolute atomic E-state index is 0.0347. The summed E-state index contributed by atoms with van der Waals surface area (Å²) in [6.45, 7) is 3.94. The topological polar surface area (TPSA) is 0 Å². The van der Waals surface area contributed by atoms with Gasteiger partial charge in [-0.1, -0.05) is 45.2 Å². The molecule has 0 aromatic heterocycles. The molecule has 2 aliphatic rings. The fraction of sp³-hybridized carbons (Fsp3) is 0.600. The molecule has 0 heterocycles. The summed E-state index contributed by atoms with van der Waals surface area (Å²) in [4.78, 5) is 0. The van der Waals surface area contributed by atoms with Crippen LogP contribution in [0.15, 0.2) is 12.1 Å². The van der Waals surface area contributed by atoms with Crippen LogP contribution in [-0.2, 0) is 12.3 Å². The standard InChI is InChI=1S/C25H29F5/c1-3-5-14-7-9-15(10-8-14)17-11-12-18-19-13-16(6-4-2)25(29,30)21(19)24(28)23(27)20(18)22(17)26/h11-12,14-16H,3-10,13H2,1-2H3. The molecule has 1 unspecified atom stereocenters. The molecule has 0 bridgehead atoms. The van der Waals surface area contributed by atoms with E-state index < -0.39 is 40.2 Å². The van der Waals surface area contributed by atoms with Gasteiger partial charge in [-0.05, 0) is 66.9 Å². The van der Waals surface area contributed by atoms with Gasteiger partial charge in [0.1, 0.15) is 5.82 Å². The highest BCUT2D eigenvalue weighted by molar-refractivity contribution is 5.90. The molecule has 0 amide bonds. The molecule has 0 nitrogen and oxygen atoms in total. The van der Waals surface area contributed by atoms with Crippen molar-refractivity contribution in [1.82, 2.24) is 0 Å². The predicted octanol–water partition coefficient (Wildman–Crippen LogP) is 8.40. The Morgan fingerprint density at radius 2 is 1.53 bits per heavy atom. The summed E-state index contributed by atoms with van der Waals surface area (Å²) < 4.78 is 74.8. The first kappa shape index (κ1) is 21.6. The smallest absolute Gasteiger partial charge is 0.206 e. The number of halogens is 5. The second-order valence-corrected chi connectivity index (χ2v) is 9.19. The highest BCUT2D eigenvalue weighted by Gasteiger charge is 2.51. The zero-order chi connectivity index (χ0) is 21.6. The van der Waals surface area contributed by atoms with Crippen LogP contribution in [0.4, 0.5) is 22.0 Å². The van der Waals surface area contributed by atoms with Gasteiger partial charge < -0.3 is 0 Å². The van der Waals surface area contributed by atoms with E-state index in [-0.39, 0.29) is 29.7 Å². The molecule has 4 rings (SSSR count). The van der Waals surface area contributed by atoms with Crippen LogP contribution in [0.2, 0.25) is 0 Å². The molecule has 1 fully saturated rings. The Balaban J connectivity index is 1.78. The van der Waals surface area contributed by atoms with Gasteiger partial charge in [-0.3, -0.25) is 0 Å². The van der Waals surface area contributed by atoms with Gasteiger partial charge in [0.15, 0.2) is 11.6 Å². The highest BCUT2D eigenvalue weighted by Crippen LogP contribution is 2.52. The van der Waals surface area contributed by atoms with Gasteiger partial charge in [-0.2, -0.15) is 0 Å². The maximum absolute atomic E-state index is 15.5. The van der Waals surface area contributed by atoms with Crippen molar-refractivity contribution < 1.29 is 22.0 Å². The first-order chi connectivity index (χ1) is 14.3. The minimum Gasteiger partial charge on any atom is -0.206 e. The molecule has 0 N–H and O–H groups in total. The third-order valence-corrected chi connectivity index (χ3v) is 7.35. The van der Waals surface area contributed by atoms with E-state index in [4.69, 9.17) is 0 Å². The summed E-state index contributed by atoms with van der Waals surface area (Å²) in [5.74, 6) is -7.72. The van der Waals surface area contributed by atoms with Gasteiger partial charge in [0, 0.05) is 5.92 Å². The van der Waals surface area contributed by atoms with E-state index in [0.717, 1.165) is 38.5 Å². The molecule has 2 aromatic rings. The van der Waals surface area contributed by atoms with Crippen LogP contribution in [0.5, 0.6) is 0 Å². The molecule has 1 saturated carbocycles. The second kappa shape index (κ2) is 8.12. The van der Waals surface area contributed by atoms with E-state index in [9.17, 15) is 17.6 Å². The van der Waals surface area contributed by atoms with Crippen molar-refractivity contribution in [1.29, 1.82) is 0 Å². The molecule has 30 heavy (non-hydrogen) atoms. The van der Waals surface area contributed by atoms with E-state index in [0.29, 0.717) is 17.9 Å². The van der Waals surface area contributed by atoms with Gasteiger partial charge in [0.25, 0.3) is 5.92 Å². The van der Waals surface area contributed by atoms with Gasteiger partial charge in [-0.15, -0.1) is 0 Å². The number of benzene rings is 2. The lowest BCUT2D eigenvalue weighted by Gasteiger charge is -2.29. The fourth-order valence-corrected chi connectivity index (χ4v) is 5.80.